The summed E-state index contributed by atoms with van der Waals surface area (Å²) in [6.45, 7) is 13.1. The Labute approximate surface area is 174 Å². The van der Waals surface area contributed by atoms with Crippen molar-refractivity contribution in [3.63, 3.8) is 0 Å². The van der Waals surface area contributed by atoms with E-state index in [4.69, 9.17) is 0 Å². The summed E-state index contributed by atoms with van der Waals surface area (Å²) in [6, 6.07) is 1.38. The Morgan fingerprint density at radius 3 is 2.11 bits per heavy atom. The number of nitrogens with one attached hydrogen (secondary N) is 2. The molecule has 0 amide bonds. The fourth-order valence-electron chi connectivity index (χ4n) is 10.9. The van der Waals surface area contributed by atoms with Crippen LogP contribution in [0.2, 0.25) is 0 Å². The zero-order valence-corrected chi connectivity index (χ0v) is 19.8. The molecule has 2 spiro atoms. The van der Waals surface area contributed by atoms with E-state index in [1.807, 2.05) is 0 Å². The molecule has 2 heteroatoms. The van der Waals surface area contributed by atoms with Crippen molar-refractivity contribution in [2.24, 2.45) is 44.8 Å². The molecule has 5 fully saturated rings. The zero-order chi connectivity index (χ0) is 20.2. The van der Waals surface area contributed by atoms with Crippen LogP contribution in [0, 0.1) is 44.8 Å². The van der Waals surface area contributed by atoms with Gasteiger partial charge >= 0.3 is 0 Å². The maximum absolute atomic E-state index is 3.70. The highest BCUT2D eigenvalue weighted by Crippen LogP contribution is 2.88. The van der Waals surface area contributed by atoms with Crippen LogP contribution in [0.15, 0.2) is 0 Å². The van der Waals surface area contributed by atoms with Gasteiger partial charge in [-0.25, -0.2) is 0 Å². The monoisotopic (exact) mass is 386 g/mol. The summed E-state index contributed by atoms with van der Waals surface area (Å²) < 4.78 is 0. The molecule has 2 nitrogen and oxygen atoms in total. The lowest BCUT2D eigenvalue weighted by molar-refractivity contribution is -0.143. The molecule has 8 unspecified atom stereocenters. The highest BCUT2D eigenvalue weighted by Gasteiger charge is 2.82. The highest BCUT2D eigenvalue weighted by molar-refractivity contribution is 5.31. The Kier molecular flexibility index (Phi) is 4.10. The molecule has 2 N–H and O–H groups in total. The Bertz CT molecular complexity index is 657. The van der Waals surface area contributed by atoms with Crippen molar-refractivity contribution in [1.29, 1.82) is 0 Å². The van der Waals surface area contributed by atoms with Crippen molar-refractivity contribution in [1.82, 2.24) is 10.6 Å². The predicted molar refractivity (Wildman–Crippen MR) is 118 cm³/mol. The van der Waals surface area contributed by atoms with Crippen LogP contribution in [0.4, 0.5) is 0 Å². The van der Waals surface area contributed by atoms with Crippen LogP contribution >= 0.6 is 0 Å². The molecule has 0 aromatic carbocycles. The molecule has 160 valence electrons. The van der Waals surface area contributed by atoms with E-state index in [9.17, 15) is 0 Å². The fourth-order valence-corrected chi connectivity index (χ4v) is 10.9. The first-order valence-corrected chi connectivity index (χ1v) is 12.5. The molecule has 0 aromatic rings. The molecule has 5 saturated carbocycles. The van der Waals surface area contributed by atoms with E-state index in [1.54, 1.807) is 6.42 Å². The molecule has 0 saturated heterocycles. The van der Waals surface area contributed by atoms with Gasteiger partial charge in [-0.15, -0.1) is 0 Å². The average Bonchev–Trinajstić information content (AvgIpc) is 3.24. The van der Waals surface area contributed by atoms with E-state index < -0.39 is 0 Å². The SMILES string of the molecule is CNC(C)C1CC[C@@]2(C)C3CCC4C(C)(C)C(NC)CCC45CC35CCC12C. The number of fused-ring (bicyclic) bond motifs is 2. The summed E-state index contributed by atoms with van der Waals surface area (Å²) in [5.74, 6) is 2.80. The quantitative estimate of drug-likeness (QED) is 0.657. The van der Waals surface area contributed by atoms with Gasteiger partial charge in [0.25, 0.3) is 0 Å². The topological polar surface area (TPSA) is 24.1 Å². The smallest absolute Gasteiger partial charge is 0.0118 e. The number of rotatable bonds is 3. The predicted octanol–water partition coefficient (Wildman–Crippen LogP) is 5.62. The molecule has 0 radical (unpaired) electrons. The van der Waals surface area contributed by atoms with Gasteiger partial charge < -0.3 is 10.6 Å². The van der Waals surface area contributed by atoms with Crippen molar-refractivity contribution in [3.8, 4) is 0 Å². The van der Waals surface area contributed by atoms with Gasteiger partial charge in [0.1, 0.15) is 0 Å². The second kappa shape index (κ2) is 5.78. The average molecular weight is 387 g/mol. The first-order chi connectivity index (χ1) is 13.1. The zero-order valence-electron chi connectivity index (χ0n) is 19.8. The number of hydrogen-bond acceptors (Lipinski definition) is 2. The lowest BCUT2D eigenvalue weighted by Crippen LogP contribution is -2.59. The van der Waals surface area contributed by atoms with Crippen LogP contribution in [0.1, 0.15) is 92.4 Å². The molecule has 5 aliphatic carbocycles. The molecule has 5 rings (SSSR count). The third-order valence-electron chi connectivity index (χ3n) is 12.6. The summed E-state index contributed by atoms with van der Waals surface area (Å²) in [4.78, 5) is 0. The maximum atomic E-state index is 3.70. The maximum Gasteiger partial charge on any atom is 0.0118 e. The Balaban J connectivity index is 1.50. The second-order valence-corrected chi connectivity index (χ2v) is 12.9. The van der Waals surface area contributed by atoms with Crippen molar-refractivity contribution in [2.75, 3.05) is 14.1 Å². The lowest BCUT2D eigenvalue weighted by atomic mass is 9.42. The van der Waals surface area contributed by atoms with Gasteiger partial charge in [-0.05, 0) is 124 Å². The van der Waals surface area contributed by atoms with Gasteiger partial charge in [0.2, 0.25) is 0 Å². The molecular formula is C26H46N2. The van der Waals surface area contributed by atoms with E-state index >= 15 is 0 Å². The molecule has 0 aromatic heterocycles. The van der Waals surface area contributed by atoms with Gasteiger partial charge in [0, 0.05) is 12.1 Å². The van der Waals surface area contributed by atoms with Crippen molar-refractivity contribution in [3.05, 3.63) is 0 Å². The molecule has 5 aliphatic rings. The van der Waals surface area contributed by atoms with E-state index in [-0.39, 0.29) is 0 Å². The minimum atomic E-state index is 0.460. The molecule has 0 bridgehead atoms. The van der Waals surface area contributed by atoms with Crippen LogP contribution < -0.4 is 10.6 Å². The van der Waals surface area contributed by atoms with Crippen molar-refractivity contribution in [2.45, 2.75) is 104 Å². The molecule has 9 atom stereocenters. The normalized spacial score (nSPS) is 57.5. The number of hydrogen-bond donors (Lipinski definition) is 2. The largest absolute Gasteiger partial charge is 0.317 e. The fraction of sp³-hybridized carbons (Fsp3) is 1.00. The van der Waals surface area contributed by atoms with E-state index in [0.717, 1.165) is 17.8 Å². The van der Waals surface area contributed by atoms with Crippen molar-refractivity contribution < 1.29 is 0 Å². The Morgan fingerprint density at radius 2 is 1.43 bits per heavy atom. The third kappa shape index (κ3) is 1.99. The summed E-state index contributed by atoms with van der Waals surface area (Å²) in [5.41, 5.74) is 2.98. The third-order valence-corrected chi connectivity index (χ3v) is 12.6. The van der Waals surface area contributed by atoms with Gasteiger partial charge in [-0.1, -0.05) is 27.7 Å². The molecule has 0 heterocycles. The summed E-state index contributed by atoms with van der Waals surface area (Å²) in [6.07, 6.45) is 13.4. The summed E-state index contributed by atoms with van der Waals surface area (Å²) >= 11 is 0. The minimum absolute atomic E-state index is 0.460. The molecular weight excluding hydrogens is 340 g/mol. The lowest BCUT2D eigenvalue weighted by Gasteiger charge is -2.63. The molecule has 28 heavy (non-hydrogen) atoms. The van der Waals surface area contributed by atoms with E-state index in [0.29, 0.717) is 39.2 Å². The van der Waals surface area contributed by atoms with Gasteiger partial charge in [-0.3, -0.25) is 0 Å². The van der Waals surface area contributed by atoms with Gasteiger partial charge in [0.05, 0.1) is 0 Å². The Morgan fingerprint density at radius 1 is 0.750 bits per heavy atom. The van der Waals surface area contributed by atoms with Crippen molar-refractivity contribution >= 4 is 0 Å². The summed E-state index contributed by atoms with van der Waals surface area (Å²) in [5, 5.41) is 7.33. The van der Waals surface area contributed by atoms with Crippen LogP contribution in [-0.2, 0) is 0 Å². The van der Waals surface area contributed by atoms with E-state index in [1.165, 1.54) is 51.4 Å². The summed E-state index contributed by atoms with van der Waals surface area (Å²) in [7, 11) is 4.38. The first-order valence-electron chi connectivity index (χ1n) is 12.5. The second-order valence-electron chi connectivity index (χ2n) is 12.9. The first kappa shape index (κ1) is 19.9. The molecule has 0 aliphatic heterocycles. The highest BCUT2D eigenvalue weighted by atomic mass is 14.9. The van der Waals surface area contributed by atoms with E-state index in [2.05, 4.69) is 59.3 Å². The van der Waals surface area contributed by atoms with Gasteiger partial charge in [-0.2, -0.15) is 0 Å². The van der Waals surface area contributed by atoms with Gasteiger partial charge in [0.15, 0.2) is 0 Å². The van der Waals surface area contributed by atoms with Crippen LogP contribution in [0.3, 0.4) is 0 Å². The van der Waals surface area contributed by atoms with Crippen LogP contribution in [0.25, 0.3) is 0 Å². The standard InChI is InChI=1S/C26H46N2/c1-17(27-6)18-10-12-24(5)20-9-8-19-22(2,3)21(28-7)11-13-25(19)16-26(20,25)15-14-23(18,24)4/h17-21,27-28H,8-16H2,1-7H3/t17?,18?,19?,20?,21?,23?,24-,25?,26?/m0/s1. The van der Waals surface area contributed by atoms with Crippen LogP contribution in [0.5, 0.6) is 0 Å². The minimum Gasteiger partial charge on any atom is -0.317 e. The van der Waals surface area contributed by atoms with Crippen LogP contribution in [-0.4, -0.2) is 26.2 Å². The Hall–Kier alpha value is -0.0800.